The molecule has 0 bridgehead atoms. The molecule has 3 N–H and O–H groups in total. The van der Waals surface area contributed by atoms with E-state index in [2.05, 4.69) is 21.6 Å². The molecular formula is C14H18N4O. The molecule has 1 heterocycles. The highest BCUT2D eigenvalue weighted by Gasteiger charge is 2.10. The van der Waals surface area contributed by atoms with E-state index in [1.807, 2.05) is 18.3 Å². The number of hydrogen-bond acceptors (Lipinski definition) is 4. The van der Waals surface area contributed by atoms with Gasteiger partial charge < -0.3 is 15.5 Å². The van der Waals surface area contributed by atoms with Crippen LogP contribution in [0.2, 0.25) is 0 Å². The van der Waals surface area contributed by atoms with E-state index < -0.39 is 0 Å². The lowest BCUT2D eigenvalue weighted by Crippen LogP contribution is -2.11. The molecule has 2 rings (SSSR count). The molecule has 1 aromatic carbocycles. The Labute approximate surface area is 112 Å². The smallest absolute Gasteiger partial charge is 0.114 e. The zero-order valence-corrected chi connectivity index (χ0v) is 11.0. The molecule has 0 saturated carbocycles. The lowest BCUT2D eigenvalue weighted by atomic mass is 10.1. The lowest BCUT2D eigenvalue weighted by Gasteiger charge is -2.08. The summed E-state index contributed by atoms with van der Waals surface area (Å²) in [7, 11) is 0. The number of anilines is 1. The summed E-state index contributed by atoms with van der Waals surface area (Å²) in [5.41, 5.74) is 7.77. The molecule has 100 valence electrons. The van der Waals surface area contributed by atoms with Crippen LogP contribution in [0.15, 0.2) is 41.8 Å². The topological polar surface area (TPSA) is 76.4 Å². The van der Waals surface area contributed by atoms with Crippen molar-refractivity contribution in [3.8, 4) is 0 Å². The van der Waals surface area contributed by atoms with Crippen molar-refractivity contribution in [1.29, 1.82) is 0 Å². The molecule has 0 saturated heterocycles. The van der Waals surface area contributed by atoms with Gasteiger partial charge in [0.15, 0.2) is 0 Å². The van der Waals surface area contributed by atoms with E-state index in [0.29, 0.717) is 17.8 Å². The van der Waals surface area contributed by atoms with Crippen LogP contribution in [-0.4, -0.2) is 20.5 Å². The van der Waals surface area contributed by atoms with Crippen molar-refractivity contribution >= 4 is 11.4 Å². The number of oxime groups is 1. The van der Waals surface area contributed by atoms with Gasteiger partial charge in [0.1, 0.15) is 5.82 Å². The summed E-state index contributed by atoms with van der Waals surface area (Å²) < 4.78 is 2.07. The van der Waals surface area contributed by atoms with Crippen molar-refractivity contribution in [1.82, 2.24) is 9.55 Å². The normalized spacial score (nSPS) is 11.7. The van der Waals surface area contributed by atoms with Gasteiger partial charge in [0.2, 0.25) is 0 Å². The van der Waals surface area contributed by atoms with Gasteiger partial charge in [-0.3, -0.25) is 0 Å². The maximum Gasteiger partial charge on any atom is 0.114 e. The van der Waals surface area contributed by atoms with Gasteiger partial charge in [0.25, 0.3) is 0 Å². The minimum atomic E-state index is 0.493. The van der Waals surface area contributed by atoms with Crippen LogP contribution in [0.4, 0.5) is 5.69 Å². The van der Waals surface area contributed by atoms with Crippen molar-refractivity contribution in [2.75, 3.05) is 5.73 Å². The van der Waals surface area contributed by atoms with Gasteiger partial charge in [-0.05, 0) is 24.1 Å². The van der Waals surface area contributed by atoms with Gasteiger partial charge in [-0.25, -0.2) is 4.98 Å². The van der Waals surface area contributed by atoms with Crippen LogP contribution >= 0.6 is 0 Å². The van der Waals surface area contributed by atoms with Crippen molar-refractivity contribution in [3.05, 3.63) is 48.0 Å². The third kappa shape index (κ3) is 3.13. The van der Waals surface area contributed by atoms with E-state index >= 15 is 0 Å². The maximum atomic E-state index is 9.19. The van der Waals surface area contributed by atoms with Gasteiger partial charge in [-0.15, -0.1) is 0 Å². The molecule has 19 heavy (non-hydrogen) atoms. The van der Waals surface area contributed by atoms with E-state index in [-0.39, 0.29) is 0 Å². The van der Waals surface area contributed by atoms with Crippen LogP contribution in [0, 0.1) is 0 Å². The second kappa shape index (κ2) is 6.04. The molecule has 0 radical (unpaired) electrons. The molecule has 0 aliphatic rings. The van der Waals surface area contributed by atoms with Crippen LogP contribution < -0.4 is 5.73 Å². The lowest BCUT2D eigenvalue weighted by molar-refractivity contribution is 0.318. The second-order valence-electron chi connectivity index (χ2n) is 4.38. The molecule has 1 aromatic heterocycles. The van der Waals surface area contributed by atoms with Crippen molar-refractivity contribution in [3.63, 3.8) is 0 Å². The number of hydrogen-bond donors (Lipinski definition) is 2. The fourth-order valence-electron chi connectivity index (χ4n) is 1.97. The number of nitrogens with two attached hydrogens (primary N) is 1. The van der Waals surface area contributed by atoms with E-state index in [9.17, 15) is 5.21 Å². The van der Waals surface area contributed by atoms with E-state index in [1.165, 1.54) is 0 Å². The van der Waals surface area contributed by atoms with Gasteiger partial charge in [-0.1, -0.05) is 24.2 Å². The molecule has 2 aromatic rings. The predicted molar refractivity (Wildman–Crippen MR) is 75.4 cm³/mol. The number of rotatable bonds is 5. The second-order valence-corrected chi connectivity index (χ2v) is 4.38. The van der Waals surface area contributed by atoms with Crippen molar-refractivity contribution in [2.24, 2.45) is 5.16 Å². The zero-order valence-electron chi connectivity index (χ0n) is 11.0. The zero-order chi connectivity index (χ0) is 13.7. The number of aryl methyl sites for hydroxylation is 1. The third-order valence-corrected chi connectivity index (χ3v) is 2.96. The van der Waals surface area contributed by atoms with E-state index in [4.69, 9.17) is 5.73 Å². The van der Waals surface area contributed by atoms with Crippen LogP contribution in [0.5, 0.6) is 0 Å². The summed E-state index contributed by atoms with van der Waals surface area (Å²) >= 11 is 0. The molecule has 0 spiro atoms. The summed E-state index contributed by atoms with van der Waals surface area (Å²) in [5, 5.41) is 12.6. The van der Waals surface area contributed by atoms with Crippen LogP contribution in [0.1, 0.15) is 24.7 Å². The molecule has 0 aliphatic heterocycles. The Morgan fingerprint density at radius 3 is 2.74 bits per heavy atom. The Hall–Kier alpha value is -2.30. The molecule has 5 nitrogen and oxygen atoms in total. The summed E-state index contributed by atoms with van der Waals surface area (Å²) in [5.74, 6) is 0.895. The summed E-state index contributed by atoms with van der Waals surface area (Å²) in [6.45, 7) is 3.03. The highest BCUT2D eigenvalue weighted by molar-refractivity contribution is 6.01. The van der Waals surface area contributed by atoms with Gasteiger partial charge in [-0.2, -0.15) is 0 Å². The monoisotopic (exact) mass is 258 g/mol. The minimum Gasteiger partial charge on any atom is -0.411 e. The van der Waals surface area contributed by atoms with E-state index in [0.717, 1.165) is 24.4 Å². The first-order chi connectivity index (χ1) is 9.24. The first kappa shape index (κ1) is 13.1. The Morgan fingerprint density at radius 1 is 1.37 bits per heavy atom. The quantitative estimate of drug-likeness (QED) is 0.374. The summed E-state index contributed by atoms with van der Waals surface area (Å²) in [6, 6.07) is 7.27. The Kier molecular flexibility index (Phi) is 4.18. The Bertz CT molecular complexity index is 557. The minimum absolute atomic E-state index is 0.493. The average Bonchev–Trinajstić information content (AvgIpc) is 2.85. The molecule has 0 fully saturated rings. The standard InChI is InChI=1S/C14H18N4O/c1-2-8-18-9-7-16-14(18)10-13(17-19)11-3-5-12(15)6-4-11/h3-7,9,19H,2,8,10,15H2,1H3/b17-13-. The highest BCUT2D eigenvalue weighted by atomic mass is 16.4. The van der Waals surface area contributed by atoms with Gasteiger partial charge in [0, 0.05) is 24.6 Å². The molecule has 0 unspecified atom stereocenters. The largest absolute Gasteiger partial charge is 0.411 e. The summed E-state index contributed by atoms with van der Waals surface area (Å²) in [6.07, 6.45) is 5.24. The first-order valence-electron chi connectivity index (χ1n) is 6.31. The average molecular weight is 258 g/mol. The number of aromatic nitrogens is 2. The fraction of sp³-hybridized carbons (Fsp3) is 0.286. The number of nitrogen functional groups attached to an aromatic ring is 1. The molecule has 5 heteroatoms. The van der Waals surface area contributed by atoms with Gasteiger partial charge in [0.05, 0.1) is 12.1 Å². The van der Waals surface area contributed by atoms with Crippen LogP contribution in [0.25, 0.3) is 0 Å². The fourth-order valence-corrected chi connectivity index (χ4v) is 1.97. The predicted octanol–water partition coefficient (Wildman–Crippen LogP) is 2.30. The molecule has 0 aliphatic carbocycles. The van der Waals surface area contributed by atoms with Crippen molar-refractivity contribution < 1.29 is 5.21 Å². The highest BCUT2D eigenvalue weighted by Crippen LogP contribution is 2.11. The van der Waals surface area contributed by atoms with Crippen LogP contribution in [-0.2, 0) is 13.0 Å². The van der Waals surface area contributed by atoms with Crippen LogP contribution in [0.3, 0.4) is 0 Å². The van der Waals surface area contributed by atoms with Crippen molar-refractivity contribution in [2.45, 2.75) is 26.3 Å². The Morgan fingerprint density at radius 2 is 2.11 bits per heavy atom. The number of benzene rings is 1. The number of imidazole rings is 1. The van der Waals surface area contributed by atoms with E-state index in [1.54, 1.807) is 18.3 Å². The summed E-state index contributed by atoms with van der Waals surface area (Å²) in [4.78, 5) is 4.31. The number of nitrogens with zero attached hydrogens (tertiary/aromatic N) is 3. The maximum absolute atomic E-state index is 9.19. The van der Waals surface area contributed by atoms with Gasteiger partial charge >= 0.3 is 0 Å². The Balaban J connectivity index is 2.20. The first-order valence-corrected chi connectivity index (χ1v) is 6.31. The molecule has 0 amide bonds. The molecule has 0 atom stereocenters. The molecular weight excluding hydrogens is 240 g/mol. The SMILES string of the molecule is CCCn1ccnc1C/C(=N/O)c1ccc(N)cc1. The third-order valence-electron chi connectivity index (χ3n) is 2.96.